The normalized spacial score (nSPS) is 27.0. The zero-order valence-corrected chi connectivity index (χ0v) is 15.3. The molecule has 0 spiro atoms. The van der Waals surface area contributed by atoms with Crippen molar-refractivity contribution in [3.63, 3.8) is 0 Å². The van der Waals surface area contributed by atoms with Gasteiger partial charge in [-0.1, -0.05) is 43.2 Å². The third-order valence-electron chi connectivity index (χ3n) is 5.67. The molecule has 2 aliphatic rings. The predicted molar refractivity (Wildman–Crippen MR) is 102 cm³/mol. The fraction of sp³-hybridized carbons (Fsp3) is 0.714. The molecular formula is C21H35N3. The van der Waals surface area contributed by atoms with Gasteiger partial charge < -0.3 is 10.6 Å². The Morgan fingerprint density at radius 2 is 2.04 bits per heavy atom. The summed E-state index contributed by atoms with van der Waals surface area (Å²) in [7, 11) is 0. The zero-order valence-electron chi connectivity index (χ0n) is 15.3. The summed E-state index contributed by atoms with van der Waals surface area (Å²) in [6.07, 6.45) is 8.15. The summed E-state index contributed by atoms with van der Waals surface area (Å²) in [5.74, 6) is 0.818. The lowest BCUT2D eigenvalue weighted by atomic mass is 10.0. The highest BCUT2D eigenvalue weighted by atomic mass is 15.1. The number of likely N-dealkylation sites (tertiary alicyclic amines) is 1. The molecule has 0 amide bonds. The minimum Gasteiger partial charge on any atom is -0.314 e. The van der Waals surface area contributed by atoms with Gasteiger partial charge in [0.05, 0.1) is 0 Å². The number of hydrogen-bond acceptors (Lipinski definition) is 3. The van der Waals surface area contributed by atoms with Gasteiger partial charge in [0.2, 0.25) is 0 Å². The van der Waals surface area contributed by atoms with Crippen molar-refractivity contribution >= 4 is 0 Å². The maximum absolute atomic E-state index is 3.81. The molecule has 3 heteroatoms. The number of rotatable bonds is 7. The third-order valence-corrected chi connectivity index (χ3v) is 5.67. The molecule has 2 N–H and O–H groups in total. The molecule has 0 aliphatic carbocycles. The van der Waals surface area contributed by atoms with Gasteiger partial charge in [-0.2, -0.15) is 0 Å². The Labute approximate surface area is 148 Å². The first-order valence-corrected chi connectivity index (χ1v) is 10.0. The molecule has 3 unspecified atom stereocenters. The minimum absolute atomic E-state index is 0.628. The van der Waals surface area contributed by atoms with Crippen LogP contribution in [-0.2, 0) is 6.54 Å². The van der Waals surface area contributed by atoms with Crippen LogP contribution in [0.3, 0.4) is 0 Å². The molecule has 134 valence electrons. The summed E-state index contributed by atoms with van der Waals surface area (Å²) >= 11 is 0. The summed E-state index contributed by atoms with van der Waals surface area (Å²) in [6.45, 7) is 8.37. The maximum Gasteiger partial charge on any atom is 0.0233 e. The van der Waals surface area contributed by atoms with Crippen LogP contribution in [0, 0.1) is 5.92 Å². The van der Waals surface area contributed by atoms with E-state index in [4.69, 9.17) is 0 Å². The van der Waals surface area contributed by atoms with Crippen LogP contribution in [0.2, 0.25) is 0 Å². The van der Waals surface area contributed by atoms with Crippen molar-refractivity contribution < 1.29 is 0 Å². The van der Waals surface area contributed by atoms with Gasteiger partial charge in [0.1, 0.15) is 0 Å². The molecule has 2 heterocycles. The quantitative estimate of drug-likeness (QED) is 0.803. The Morgan fingerprint density at radius 3 is 2.92 bits per heavy atom. The molecule has 24 heavy (non-hydrogen) atoms. The summed E-state index contributed by atoms with van der Waals surface area (Å²) in [4.78, 5) is 2.61. The van der Waals surface area contributed by atoms with Gasteiger partial charge in [-0.3, -0.25) is 4.90 Å². The van der Waals surface area contributed by atoms with Crippen molar-refractivity contribution in [2.45, 2.75) is 64.1 Å². The summed E-state index contributed by atoms with van der Waals surface area (Å²) in [5.41, 5.74) is 1.44. The fourth-order valence-corrected chi connectivity index (χ4v) is 4.24. The SMILES string of the molecule is CC(CC1CCCCCN1)NCC1CCN(Cc2ccccc2)C1. The van der Waals surface area contributed by atoms with Crippen LogP contribution in [-0.4, -0.2) is 43.2 Å². The monoisotopic (exact) mass is 329 g/mol. The first-order valence-electron chi connectivity index (χ1n) is 10.0. The molecule has 0 bridgehead atoms. The smallest absolute Gasteiger partial charge is 0.0233 e. The Balaban J connectivity index is 1.33. The largest absolute Gasteiger partial charge is 0.314 e. The molecule has 3 rings (SSSR count). The highest BCUT2D eigenvalue weighted by Crippen LogP contribution is 2.19. The zero-order chi connectivity index (χ0) is 16.6. The number of hydrogen-bond donors (Lipinski definition) is 2. The van der Waals surface area contributed by atoms with Gasteiger partial charge >= 0.3 is 0 Å². The van der Waals surface area contributed by atoms with Crippen molar-refractivity contribution in [2.75, 3.05) is 26.2 Å². The molecular weight excluding hydrogens is 294 g/mol. The van der Waals surface area contributed by atoms with Crippen LogP contribution >= 0.6 is 0 Å². The van der Waals surface area contributed by atoms with Gasteiger partial charge in [-0.25, -0.2) is 0 Å². The highest BCUT2D eigenvalue weighted by molar-refractivity contribution is 5.14. The second-order valence-electron chi connectivity index (χ2n) is 7.92. The molecule has 1 aromatic carbocycles. The maximum atomic E-state index is 3.81. The second kappa shape index (κ2) is 9.55. The summed E-state index contributed by atoms with van der Waals surface area (Å²) in [6, 6.07) is 12.2. The third kappa shape index (κ3) is 5.87. The van der Waals surface area contributed by atoms with E-state index < -0.39 is 0 Å². The van der Waals surface area contributed by atoms with E-state index in [-0.39, 0.29) is 0 Å². The molecule has 0 radical (unpaired) electrons. The molecule has 3 nitrogen and oxygen atoms in total. The minimum atomic E-state index is 0.628. The summed E-state index contributed by atoms with van der Waals surface area (Å²) in [5, 5.41) is 7.54. The average molecular weight is 330 g/mol. The van der Waals surface area contributed by atoms with Crippen molar-refractivity contribution in [1.82, 2.24) is 15.5 Å². The highest BCUT2D eigenvalue weighted by Gasteiger charge is 2.23. The fourth-order valence-electron chi connectivity index (χ4n) is 4.24. The lowest BCUT2D eigenvalue weighted by molar-refractivity contribution is 0.309. The summed E-state index contributed by atoms with van der Waals surface area (Å²) < 4.78 is 0. The Bertz CT molecular complexity index is 453. The van der Waals surface area contributed by atoms with Crippen LogP contribution in [0.5, 0.6) is 0 Å². The van der Waals surface area contributed by atoms with Gasteiger partial charge in [0, 0.05) is 25.2 Å². The molecule has 0 saturated carbocycles. The lowest BCUT2D eigenvalue weighted by Crippen LogP contribution is -2.39. The standard InChI is InChI=1S/C21H35N3/c1-18(14-21-10-6-3-7-12-22-21)23-15-20-11-13-24(17-20)16-19-8-4-2-5-9-19/h2,4-5,8-9,18,20-23H,3,6-7,10-17H2,1H3. The van der Waals surface area contributed by atoms with E-state index in [0.29, 0.717) is 6.04 Å². The number of benzene rings is 1. The van der Waals surface area contributed by atoms with Crippen LogP contribution < -0.4 is 10.6 Å². The predicted octanol–water partition coefficient (Wildman–Crippen LogP) is 3.41. The molecule has 2 fully saturated rings. The van der Waals surface area contributed by atoms with Crippen LogP contribution in [0.4, 0.5) is 0 Å². The Hall–Kier alpha value is -0.900. The second-order valence-corrected chi connectivity index (χ2v) is 7.92. The van der Waals surface area contributed by atoms with Gasteiger partial charge in [0.15, 0.2) is 0 Å². The first kappa shape index (κ1) is 17.9. The molecule has 0 aromatic heterocycles. The molecule has 2 aliphatic heterocycles. The van der Waals surface area contributed by atoms with Crippen molar-refractivity contribution in [3.05, 3.63) is 35.9 Å². The first-order chi connectivity index (χ1) is 11.8. The van der Waals surface area contributed by atoms with Crippen molar-refractivity contribution in [3.8, 4) is 0 Å². The van der Waals surface area contributed by atoms with E-state index in [2.05, 4.69) is 52.8 Å². The molecule has 2 saturated heterocycles. The van der Waals surface area contributed by atoms with Crippen LogP contribution in [0.25, 0.3) is 0 Å². The van der Waals surface area contributed by atoms with Crippen molar-refractivity contribution in [2.24, 2.45) is 5.92 Å². The number of nitrogens with one attached hydrogen (secondary N) is 2. The van der Waals surface area contributed by atoms with E-state index in [0.717, 1.165) is 18.5 Å². The van der Waals surface area contributed by atoms with E-state index in [1.54, 1.807) is 0 Å². The van der Waals surface area contributed by atoms with Gasteiger partial charge in [0.25, 0.3) is 0 Å². The van der Waals surface area contributed by atoms with E-state index in [9.17, 15) is 0 Å². The Kier molecular flexibility index (Phi) is 7.13. The van der Waals surface area contributed by atoms with Crippen LogP contribution in [0.1, 0.15) is 51.0 Å². The van der Waals surface area contributed by atoms with E-state index >= 15 is 0 Å². The topological polar surface area (TPSA) is 27.3 Å². The van der Waals surface area contributed by atoms with Crippen LogP contribution in [0.15, 0.2) is 30.3 Å². The average Bonchev–Trinajstić information content (AvgIpc) is 2.88. The van der Waals surface area contributed by atoms with Gasteiger partial charge in [-0.05, 0) is 63.7 Å². The molecule has 3 atom stereocenters. The lowest BCUT2D eigenvalue weighted by Gasteiger charge is -2.23. The van der Waals surface area contributed by atoms with Crippen molar-refractivity contribution in [1.29, 1.82) is 0 Å². The number of nitrogens with zero attached hydrogens (tertiary/aromatic N) is 1. The van der Waals surface area contributed by atoms with E-state index in [1.165, 1.54) is 70.3 Å². The molecule has 1 aromatic rings. The van der Waals surface area contributed by atoms with E-state index in [1.807, 2.05) is 0 Å². The Morgan fingerprint density at radius 1 is 1.17 bits per heavy atom. The van der Waals surface area contributed by atoms with Gasteiger partial charge in [-0.15, -0.1) is 0 Å².